The highest BCUT2D eigenvalue weighted by Crippen LogP contribution is 2.25. The molecule has 0 saturated heterocycles. The molecule has 0 unspecified atom stereocenters. The standard InChI is InChI=1S/C17H23N5S2/c1-12(18)24-11-15(10-16-21-7-8-22-16)14-4-2-13(3-5-14)6-9-23-17(19)20/h2-5,7-8,15,18H,6,9-11H2,1H3,(H3,19,20)(H,21,22)/t15-/m0/s1. The highest BCUT2D eigenvalue weighted by molar-refractivity contribution is 8.13. The van der Waals surface area contributed by atoms with Crippen LogP contribution in [0, 0.1) is 10.8 Å². The van der Waals surface area contributed by atoms with Crippen molar-refractivity contribution < 1.29 is 0 Å². The first kappa shape index (κ1) is 18.6. The first-order chi connectivity index (χ1) is 11.5. The summed E-state index contributed by atoms with van der Waals surface area (Å²) in [5.41, 5.74) is 7.88. The summed E-state index contributed by atoms with van der Waals surface area (Å²) < 4.78 is 0. The predicted molar refractivity (Wildman–Crippen MR) is 105 cm³/mol. The highest BCUT2D eigenvalue weighted by atomic mass is 32.2. The van der Waals surface area contributed by atoms with Crippen molar-refractivity contribution in [2.45, 2.75) is 25.7 Å². The summed E-state index contributed by atoms with van der Waals surface area (Å²) in [4.78, 5) is 7.50. The van der Waals surface area contributed by atoms with Crippen LogP contribution in [-0.4, -0.2) is 31.7 Å². The second kappa shape index (κ2) is 9.54. The third-order valence-corrected chi connectivity index (χ3v) is 5.32. The number of thioether (sulfide) groups is 2. The summed E-state index contributed by atoms with van der Waals surface area (Å²) in [6.45, 7) is 1.82. The fourth-order valence-corrected chi connectivity index (χ4v) is 3.70. The van der Waals surface area contributed by atoms with E-state index in [4.69, 9.17) is 16.6 Å². The maximum atomic E-state index is 7.65. The third-order valence-electron chi connectivity index (χ3n) is 3.60. The van der Waals surface area contributed by atoms with Gasteiger partial charge in [-0.15, -0.1) is 11.8 Å². The van der Waals surface area contributed by atoms with E-state index in [-0.39, 0.29) is 5.17 Å². The smallest absolute Gasteiger partial charge is 0.151 e. The van der Waals surface area contributed by atoms with Gasteiger partial charge in [-0.2, -0.15) is 0 Å². The van der Waals surface area contributed by atoms with E-state index >= 15 is 0 Å². The van der Waals surface area contributed by atoms with Crippen molar-refractivity contribution in [1.82, 2.24) is 9.97 Å². The van der Waals surface area contributed by atoms with E-state index in [1.54, 1.807) is 18.0 Å². The van der Waals surface area contributed by atoms with Crippen LogP contribution in [0.1, 0.15) is 29.8 Å². The number of nitrogens with two attached hydrogens (primary N) is 1. The molecule has 2 rings (SSSR count). The molecular weight excluding hydrogens is 338 g/mol. The summed E-state index contributed by atoms with van der Waals surface area (Å²) in [5, 5.41) is 15.7. The van der Waals surface area contributed by atoms with Crippen LogP contribution in [0.15, 0.2) is 36.7 Å². The second-order valence-corrected chi connectivity index (χ2v) is 7.88. The number of amidine groups is 1. The monoisotopic (exact) mass is 361 g/mol. The van der Waals surface area contributed by atoms with Crippen LogP contribution in [0.4, 0.5) is 0 Å². The Labute approximate surface area is 151 Å². The molecule has 0 saturated carbocycles. The Bertz CT molecular complexity index is 652. The van der Waals surface area contributed by atoms with Gasteiger partial charge in [-0.25, -0.2) is 4.98 Å². The molecule has 0 amide bonds. The lowest BCUT2D eigenvalue weighted by Crippen LogP contribution is -2.09. The van der Waals surface area contributed by atoms with E-state index in [9.17, 15) is 0 Å². The molecule has 0 bridgehead atoms. The number of hydrogen-bond donors (Lipinski definition) is 4. The van der Waals surface area contributed by atoms with Gasteiger partial charge >= 0.3 is 0 Å². The quantitative estimate of drug-likeness (QED) is 0.426. The van der Waals surface area contributed by atoms with Gasteiger partial charge in [-0.1, -0.05) is 36.0 Å². The fourth-order valence-electron chi connectivity index (χ4n) is 2.38. The van der Waals surface area contributed by atoms with Crippen LogP contribution >= 0.6 is 23.5 Å². The highest BCUT2D eigenvalue weighted by Gasteiger charge is 2.14. The topological polar surface area (TPSA) is 102 Å². The zero-order valence-corrected chi connectivity index (χ0v) is 15.3. The molecule has 1 atom stereocenters. The van der Waals surface area contributed by atoms with Gasteiger partial charge in [0.1, 0.15) is 5.82 Å². The molecule has 0 aliphatic rings. The van der Waals surface area contributed by atoms with Crippen molar-refractivity contribution >= 4 is 33.7 Å². The van der Waals surface area contributed by atoms with E-state index in [0.29, 0.717) is 11.0 Å². The number of aromatic amines is 1. The van der Waals surface area contributed by atoms with Crippen LogP contribution < -0.4 is 5.73 Å². The number of aromatic nitrogens is 2. The number of nitrogens with one attached hydrogen (secondary N) is 3. The lowest BCUT2D eigenvalue weighted by molar-refractivity contribution is 0.737. The normalized spacial score (nSPS) is 12.0. The third kappa shape index (κ3) is 6.41. The molecule has 0 radical (unpaired) electrons. The molecule has 1 aromatic heterocycles. The summed E-state index contributed by atoms with van der Waals surface area (Å²) in [6, 6.07) is 8.63. The maximum Gasteiger partial charge on any atom is 0.151 e. The van der Waals surface area contributed by atoms with Crippen molar-refractivity contribution in [2.24, 2.45) is 5.73 Å². The predicted octanol–water partition coefficient (Wildman–Crippen LogP) is 3.64. The number of aryl methyl sites for hydroxylation is 1. The molecule has 5 N–H and O–H groups in total. The van der Waals surface area contributed by atoms with Crippen LogP contribution in [-0.2, 0) is 12.8 Å². The molecule has 7 heteroatoms. The van der Waals surface area contributed by atoms with E-state index < -0.39 is 0 Å². The van der Waals surface area contributed by atoms with Crippen LogP contribution in [0.2, 0.25) is 0 Å². The number of rotatable bonds is 8. The number of nitrogens with zero attached hydrogens (tertiary/aromatic N) is 1. The van der Waals surface area contributed by atoms with E-state index in [0.717, 1.165) is 30.2 Å². The molecule has 2 aromatic rings. The number of benzene rings is 1. The van der Waals surface area contributed by atoms with Gasteiger partial charge in [0, 0.05) is 36.2 Å². The van der Waals surface area contributed by atoms with Crippen molar-refractivity contribution in [3.63, 3.8) is 0 Å². The zero-order valence-electron chi connectivity index (χ0n) is 13.7. The minimum Gasteiger partial charge on any atom is -0.379 e. The van der Waals surface area contributed by atoms with Gasteiger partial charge < -0.3 is 10.7 Å². The van der Waals surface area contributed by atoms with Crippen molar-refractivity contribution in [1.29, 1.82) is 10.8 Å². The molecule has 0 spiro atoms. The van der Waals surface area contributed by atoms with Gasteiger partial charge in [0.15, 0.2) is 5.17 Å². The fraction of sp³-hybridized carbons (Fsp3) is 0.353. The van der Waals surface area contributed by atoms with Crippen molar-refractivity contribution in [3.8, 4) is 0 Å². The van der Waals surface area contributed by atoms with Crippen molar-refractivity contribution in [3.05, 3.63) is 53.6 Å². The number of hydrogen-bond acceptors (Lipinski definition) is 5. The maximum absolute atomic E-state index is 7.65. The van der Waals surface area contributed by atoms with E-state index in [1.807, 2.05) is 13.1 Å². The lowest BCUT2D eigenvalue weighted by Gasteiger charge is -2.16. The van der Waals surface area contributed by atoms with Gasteiger partial charge in [0.2, 0.25) is 0 Å². The van der Waals surface area contributed by atoms with E-state index in [2.05, 4.69) is 34.2 Å². The first-order valence-corrected chi connectivity index (χ1v) is 9.73. The Morgan fingerprint density at radius 2 is 2.00 bits per heavy atom. The molecule has 128 valence electrons. The van der Waals surface area contributed by atoms with Crippen LogP contribution in [0.3, 0.4) is 0 Å². The SMILES string of the molecule is CC(=N)SC[C@H](Cc1ncc[nH]1)c1ccc(CCSC(=N)N)cc1. The minimum atomic E-state index is 0.171. The van der Waals surface area contributed by atoms with Gasteiger partial charge in [0.05, 0.1) is 5.04 Å². The summed E-state index contributed by atoms with van der Waals surface area (Å²) in [6.07, 6.45) is 5.36. The molecule has 0 fully saturated rings. The number of H-pyrrole nitrogens is 1. The molecule has 0 aliphatic carbocycles. The van der Waals surface area contributed by atoms with Gasteiger partial charge in [-0.05, 0) is 24.5 Å². The molecule has 24 heavy (non-hydrogen) atoms. The Hall–Kier alpha value is -1.73. The van der Waals surface area contributed by atoms with Gasteiger partial charge in [-0.3, -0.25) is 10.8 Å². The Morgan fingerprint density at radius 3 is 2.58 bits per heavy atom. The zero-order chi connectivity index (χ0) is 17.4. The van der Waals surface area contributed by atoms with Crippen LogP contribution in [0.25, 0.3) is 0 Å². The summed E-state index contributed by atoms with van der Waals surface area (Å²) in [7, 11) is 0. The Balaban J connectivity index is 2.01. The molecule has 0 aliphatic heterocycles. The molecule has 5 nitrogen and oxygen atoms in total. The summed E-state index contributed by atoms with van der Waals surface area (Å²) >= 11 is 2.95. The molecule has 1 heterocycles. The second-order valence-electron chi connectivity index (χ2n) is 5.51. The van der Waals surface area contributed by atoms with Crippen molar-refractivity contribution in [2.75, 3.05) is 11.5 Å². The molecular formula is C17H23N5S2. The number of imidazole rings is 1. The Morgan fingerprint density at radius 1 is 1.25 bits per heavy atom. The Kier molecular flexibility index (Phi) is 7.39. The lowest BCUT2D eigenvalue weighted by atomic mass is 9.96. The largest absolute Gasteiger partial charge is 0.379 e. The average Bonchev–Trinajstić information content (AvgIpc) is 3.05. The first-order valence-electron chi connectivity index (χ1n) is 7.76. The average molecular weight is 362 g/mol. The van der Waals surface area contributed by atoms with Crippen LogP contribution in [0.5, 0.6) is 0 Å². The van der Waals surface area contributed by atoms with Gasteiger partial charge in [0.25, 0.3) is 0 Å². The summed E-state index contributed by atoms with van der Waals surface area (Å²) in [5.74, 6) is 3.00. The minimum absolute atomic E-state index is 0.171. The van der Waals surface area contributed by atoms with E-state index in [1.165, 1.54) is 22.9 Å². The molecule has 1 aromatic carbocycles.